The molecule has 1 heterocycles. The van der Waals surface area contributed by atoms with E-state index < -0.39 is 0 Å². The highest BCUT2D eigenvalue weighted by Gasteiger charge is 2.18. The summed E-state index contributed by atoms with van der Waals surface area (Å²) in [6, 6.07) is 8.24. The van der Waals surface area contributed by atoms with E-state index in [1.54, 1.807) is 0 Å². The number of hydrogen-bond acceptors (Lipinski definition) is 4. The standard InChI is InChI=1S/C13H15BrN4/c1-7-3-5-9(6-4-7)11(14)10-8(2)17-13(16)18-12(10)15/h3-6,11H,1-2H3,(H4,15,16,17,18)/t11-/m1/s1. The molecule has 0 unspecified atom stereocenters. The minimum absolute atomic E-state index is 0.0290. The van der Waals surface area contributed by atoms with Crippen molar-refractivity contribution >= 4 is 27.7 Å². The van der Waals surface area contributed by atoms with Gasteiger partial charge < -0.3 is 11.5 Å². The van der Waals surface area contributed by atoms with E-state index in [0.717, 1.165) is 16.8 Å². The normalized spacial score (nSPS) is 12.4. The van der Waals surface area contributed by atoms with Crippen LogP contribution in [-0.2, 0) is 0 Å². The summed E-state index contributed by atoms with van der Waals surface area (Å²) >= 11 is 3.64. The third-order valence-electron chi connectivity index (χ3n) is 2.81. The Morgan fingerprint density at radius 1 is 1.06 bits per heavy atom. The van der Waals surface area contributed by atoms with Crippen molar-refractivity contribution in [3.8, 4) is 0 Å². The molecule has 2 aromatic rings. The third-order valence-corrected chi connectivity index (χ3v) is 3.79. The molecule has 0 spiro atoms. The Labute approximate surface area is 115 Å². The maximum Gasteiger partial charge on any atom is 0.222 e. The Balaban J connectivity index is 2.46. The molecule has 0 fully saturated rings. The quantitative estimate of drug-likeness (QED) is 0.836. The van der Waals surface area contributed by atoms with Crippen molar-refractivity contribution < 1.29 is 0 Å². The number of aromatic nitrogens is 2. The van der Waals surface area contributed by atoms with Crippen LogP contribution in [0.3, 0.4) is 0 Å². The fourth-order valence-electron chi connectivity index (χ4n) is 1.84. The number of aryl methyl sites for hydroxylation is 2. The van der Waals surface area contributed by atoms with E-state index in [2.05, 4.69) is 57.1 Å². The Hall–Kier alpha value is -1.62. The minimum atomic E-state index is -0.0290. The number of anilines is 2. The van der Waals surface area contributed by atoms with Gasteiger partial charge in [0.1, 0.15) is 5.82 Å². The summed E-state index contributed by atoms with van der Waals surface area (Å²) in [5.41, 5.74) is 15.5. The van der Waals surface area contributed by atoms with Gasteiger partial charge in [0, 0.05) is 11.3 Å². The highest BCUT2D eigenvalue weighted by atomic mass is 79.9. The molecule has 1 aromatic carbocycles. The molecule has 18 heavy (non-hydrogen) atoms. The molecule has 1 atom stereocenters. The number of nitrogens with two attached hydrogens (primary N) is 2. The SMILES string of the molecule is Cc1ccc([C@@H](Br)c2c(C)nc(N)nc2N)cc1. The fourth-order valence-corrected chi connectivity index (χ4v) is 2.71. The number of hydrogen-bond donors (Lipinski definition) is 2. The molecular weight excluding hydrogens is 292 g/mol. The third kappa shape index (κ3) is 2.46. The molecule has 0 saturated heterocycles. The molecule has 4 nitrogen and oxygen atoms in total. The molecule has 4 N–H and O–H groups in total. The second kappa shape index (κ2) is 4.94. The van der Waals surface area contributed by atoms with E-state index in [-0.39, 0.29) is 10.8 Å². The number of alkyl halides is 1. The van der Waals surface area contributed by atoms with Crippen molar-refractivity contribution in [2.45, 2.75) is 18.7 Å². The van der Waals surface area contributed by atoms with Gasteiger partial charge in [-0.1, -0.05) is 45.8 Å². The minimum Gasteiger partial charge on any atom is -0.383 e. The second-order valence-electron chi connectivity index (χ2n) is 4.24. The van der Waals surface area contributed by atoms with Gasteiger partial charge in [-0.05, 0) is 19.4 Å². The largest absolute Gasteiger partial charge is 0.383 e. The van der Waals surface area contributed by atoms with Crippen molar-refractivity contribution in [2.24, 2.45) is 0 Å². The Morgan fingerprint density at radius 3 is 2.22 bits per heavy atom. The van der Waals surface area contributed by atoms with Crippen LogP contribution in [-0.4, -0.2) is 9.97 Å². The maximum absolute atomic E-state index is 5.93. The Bertz CT molecular complexity index is 543. The van der Waals surface area contributed by atoms with Crippen molar-refractivity contribution in [1.29, 1.82) is 0 Å². The van der Waals surface area contributed by atoms with Crippen LogP contribution in [0.1, 0.15) is 27.2 Å². The van der Waals surface area contributed by atoms with Crippen LogP contribution in [0.15, 0.2) is 24.3 Å². The van der Waals surface area contributed by atoms with Crippen LogP contribution in [0.25, 0.3) is 0 Å². The lowest BCUT2D eigenvalue weighted by Crippen LogP contribution is -2.09. The number of benzene rings is 1. The highest BCUT2D eigenvalue weighted by molar-refractivity contribution is 9.09. The number of halogens is 1. The predicted molar refractivity (Wildman–Crippen MR) is 77.5 cm³/mol. The van der Waals surface area contributed by atoms with Gasteiger partial charge in [-0.2, -0.15) is 4.98 Å². The summed E-state index contributed by atoms with van der Waals surface area (Å²) in [4.78, 5) is 8.14. The molecule has 0 aliphatic rings. The molecule has 0 aliphatic carbocycles. The van der Waals surface area contributed by atoms with Crippen molar-refractivity contribution in [2.75, 3.05) is 11.5 Å². The maximum atomic E-state index is 5.93. The zero-order valence-corrected chi connectivity index (χ0v) is 11.9. The summed E-state index contributed by atoms with van der Waals surface area (Å²) in [6.07, 6.45) is 0. The predicted octanol–water partition coefficient (Wildman–Crippen LogP) is 2.74. The average Bonchev–Trinajstić information content (AvgIpc) is 2.28. The summed E-state index contributed by atoms with van der Waals surface area (Å²) in [5.74, 6) is 0.625. The summed E-state index contributed by atoms with van der Waals surface area (Å²) in [5, 5.41) is 0. The molecular formula is C13H15BrN4. The van der Waals surface area contributed by atoms with Gasteiger partial charge in [-0.25, -0.2) is 4.98 Å². The van der Waals surface area contributed by atoms with Crippen molar-refractivity contribution in [1.82, 2.24) is 9.97 Å². The lowest BCUT2D eigenvalue weighted by molar-refractivity contribution is 1.03. The van der Waals surface area contributed by atoms with E-state index in [9.17, 15) is 0 Å². The molecule has 2 rings (SSSR count). The molecule has 1 aromatic heterocycles. The Kier molecular flexibility index (Phi) is 3.52. The molecule has 0 aliphatic heterocycles. The van der Waals surface area contributed by atoms with E-state index >= 15 is 0 Å². The molecule has 0 amide bonds. The van der Waals surface area contributed by atoms with Gasteiger partial charge >= 0.3 is 0 Å². The molecule has 0 saturated carbocycles. The first-order chi connectivity index (χ1) is 8.49. The summed E-state index contributed by atoms with van der Waals surface area (Å²) in [7, 11) is 0. The average molecular weight is 307 g/mol. The smallest absolute Gasteiger partial charge is 0.222 e. The fraction of sp³-hybridized carbons (Fsp3) is 0.231. The summed E-state index contributed by atoms with van der Waals surface area (Å²) < 4.78 is 0. The molecule has 5 heteroatoms. The zero-order valence-electron chi connectivity index (χ0n) is 10.3. The zero-order chi connectivity index (χ0) is 13.3. The van der Waals surface area contributed by atoms with Crippen molar-refractivity contribution in [3.05, 3.63) is 46.6 Å². The Morgan fingerprint density at radius 2 is 1.67 bits per heavy atom. The van der Waals surface area contributed by atoms with Gasteiger partial charge in [0.05, 0.1) is 4.83 Å². The summed E-state index contributed by atoms with van der Waals surface area (Å²) in [6.45, 7) is 3.94. The van der Waals surface area contributed by atoms with Crippen LogP contribution >= 0.6 is 15.9 Å². The first-order valence-corrected chi connectivity index (χ1v) is 6.50. The van der Waals surface area contributed by atoms with Gasteiger partial charge in [0.2, 0.25) is 5.95 Å². The van der Waals surface area contributed by atoms with E-state index in [0.29, 0.717) is 5.82 Å². The van der Waals surface area contributed by atoms with Crippen LogP contribution in [0.2, 0.25) is 0 Å². The van der Waals surface area contributed by atoms with Crippen LogP contribution in [0.5, 0.6) is 0 Å². The lowest BCUT2D eigenvalue weighted by atomic mass is 10.0. The van der Waals surface area contributed by atoms with Gasteiger partial charge in [-0.15, -0.1) is 0 Å². The van der Waals surface area contributed by atoms with E-state index in [4.69, 9.17) is 11.5 Å². The van der Waals surface area contributed by atoms with Gasteiger partial charge in [0.25, 0.3) is 0 Å². The van der Waals surface area contributed by atoms with E-state index in [1.807, 2.05) is 6.92 Å². The molecule has 0 radical (unpaired) electrons. The second-order valence-corrected chi connectivity index (χ2v) is 5.16. The lowest BCUT2D eigenvalue weighted by Gasteiger charge is -2.15. The molecule has 0 bridgehead atoms. The first-order valence-electron chi connectivity index (χ1n) is 5.59. The molecule has 94 valence electrons. The topological polar surface area (TPSA) is 77.8 Å². The van der Waals surface area contributed by atoms with Gasteiger partial charge in [-0.3, -0.25) is 0 Å². The monoisotopic (exact) mass is 306 g/mol. The number of nitrogens with zero attached hydrogens (tertiary/aromatic N) is 2. The highest BCUT2D eigenvalue weighted by Crippen LogP contribution is 2.35. The van der Waals surface area contributed by atoms with Crippen LogP contribution < -0.4 is 11.5 Å². The van der Waals surface area contributed by atoms with Crippen molar-refractivity contribution in [3.63, 3.8) is 0 Å². The van der Waals surface area contributed by atoms with Gasteiger partial charge in [0.15, 0.2) is 0 Å². The van der Waals surface area contributed by atoms with Crippen LogP contribution in [0, 0.1) is 13.8 Å². The number of rotatable bonds is 2. The van der Waals surface area contributed by atoms with Crippen LogP contribution in [0.4, 0.5) is 11.8 Å². The number of nitrogen functional groups attached to an aromatic ring is 2. The first kappa shape index (κ1) is 12.8. The van der Waals surface area contributed by atoms with E-state index in [1.165, 1.54) is 5.56 Å².